The van der Waals surface area contributed by atoms with Gasteiger partial charge in [0.25, 0.3) is 5.91 Å². The lowest BCUT2D eigenvalue weighted by atomic mass is 10.2. The molecule has 0 aliphatic rings. The highest BCUT2D eigenvalue weighted by molar-refractivity contribution is 6.03. The zero-order chi connectivity index (χ0) is 20.8. The van der Waals surface area contributed by atoms with Gasteiger partial charge >= 0.3 is 5.97 Å². The molecule has 2 amide bonds. The summed E-state index contributed by atoms with van der Waals surface area (Å²) < 4.78 is 2.84. The second kappa shape index (κ2) is 8.83. The van der Waals surface area contributed by atoms with Gasteiger partial charge in [0.2, 0.25) is 5.91 Å². The minimum atomic E-state index is -1.10. The fourth-order valence-electron chi connectivity index (χ4n) is 2.77. The number of hydrogen-bond acceptors (Lipinski definition) is 5. The molecule has 10 heteroatoms. The molecule has 0 radical (unpaired) electrons. The first-order valence-corrected chi connectivity index (χ1v) is 8.96. The van der Waals surface area contributed by atoms with Crippen LogP contribution in [0, 0.1) is 0 Å². The summed E-state index contributed by atoms with van der Waals surface area (Å²) in [6.45, 7) is 2.60. The van der Waals surface area contributed by atoms with Gasteiger partial charge in [0.05, 0.1) is 6.54 Å². The van der Waals surface area contributed by atoms with Crippen molar-refractivity contribution in [1.29, 1.82) is 0 Å². The number of carboxylic acid groups (broad SMARTS) is 1. The topological polar surface area (TPSA) is 131 Å². The first-order chi connectivity index (χ1) is 14.0. The van der Waals surface area contributed by atoms with E-state index in [-0.39, 0.29) is 30.5 Å². The molecular formula is C19H20N6O4. The monoisotopic (exact) mass is 396 g/mol. The minimum absolute atomic E-state index is 0.0221. The molecule has 0 spiro atoms. The van der Waals surface area contributed by atoms with Gasteiger partial charge in [-0.25, -0.2) is 4.79 Å². The number of aromatic nitrogens is 4. The average molecular weight is 396 g/mol. The molecule has 3 rings (SSSR count). The summed E-state index contributed by atoms with van der Waals surface area (Å²) >= 11 is 0. The summed E-state index contributed by atoms with van der Waals surface area (Å²) in [7, 11) is 0. The zero-order valence-electron chi connectivity index (χ0n) is 15.7. The molecule has 2 heterocycles. The van der Waals surface area contributed by atoms with Crippen molar-refractivity contribution in [1.82, 2.24) is 19.6 Å². The van der Waals surface area contributed by atoms with Crippen LogP contribution in [0.2, 0.25) is 0 Å². The highest BCUT2D eigenvalue weighted by atomic mass is 16.4. The summed E-state index contributed by atoms with van der Waals surface area (Å²) in [6, 6.07) is 9.75. The SMILES string of the molecule is CCn1nccc1C(=O)Nc1cccc(NC(=O)CCn2nccc2C(=O)O)c1. The van der Waals surface area contributed by atoms with Crippen molar-refractivity contribution in [3.05, 3.63) is 60.2 Å². The lowest BCUT2D eigenvalue weighted by Crippen LogP contribution is -2.18. The van der Waals surface area contributed by atoms with Crippen molar-refractivity contribution in [2.45, 2.75) is 26.4 Å². The molecule has 0 fully saturated rings. The van der Waals surface area contributed by atoms with Crippen molar-refractivity contribution in [3.63, 3.8) is 0 Å². The molecule has 3 N–H and O–H groups in total. The smallest absolute Gasteiger partial charge is 0.354 e. The summed E-state index contributed by atoms with van der Waals surface area (Å²) in [4.78, 5) is 35.7. The van der Waals surface area contributed by atoms with Gasteiger partial charge in [-0.1, -0.05) is 6.07 Å². The van der Waals surface area contributed by atoms with Crippen LogP contribution in [0.5, 0.6) is 0 Å². The predicted octanol–water partition coefficient (Wildman–Crippen LogP) is 2.08. The molecule has 0 aliphatic heterocycles. The lowest BCUT2D eigenvalue weighted by Gasteiger charge is -2.10. The van der Waals surface area contributed by atoms with Crippen LogP contribution >= 0.6 is 0 Å². The zero-order valence-corrected chi connectivity index (χ0v) is 15.7. The Morgan fingerprint density at radius 3 is 2.31 bits per heavy atom. The Labute approximate surface area is 166 Å². The maximum absolute atomic E-state index is 12.4. The first-order valence-electron chi connectivity index (χ1n) is 8.96. The number of hydrogen-bond donors (Lipinski definition) is 3. The Morgan fingerprint density at radius 1 is 0.966 bits per heavy atom. The molecule has 0 unspecified atom stereocenters. The number of nitrogens with zero attached hydrogens (tertiary/aromatic N) is 4. The molecule has 0 saturated carbocycles. The standard InChI is InChI=1S/C19H20N6O4/c1-2-24-15(6-9-20-24)18(27)23-14-5-3-4-13(12-14)22-17(26)8-11-25-16(19(28)29)7-10-21-25/h3-7,9-10,12H,2,8,11H2,1H3,(H,22,26)(H,23,27)(H,28,29). The average Bonchev–Trinajstić information content (AvgIpc) is 3.35. The van der Waals surface area contributed by atoms with Gasteiger partial charge in [-0.05, 0) is 37.3 Å². The van der Waals surface area contributed by atoms with Gasteiger partial charge in [-0.3, -0.25) is 19.0 Å². The summed E-state index contributed by atoms with van der Waals surface area (Å²) in [5.74, 6) is -1.70. The van der Waals surface area contributed by atoms with E-state index in [9.17, 15) is 14.4 Å². The van der Waals surface area contributed by atoms with E-state index >= 15 is 0 Å². The van der Waals surface area contributed by atoms with Crippen LogP contribution in [-0.2, 0) is 17.9 Å². The highest BCUT2D eigenvalue weighted by Crippen LogP contribution is 2.16. The molecule has 1 aromatic carbocycles. The van der Waals surface area contributed by atoms with Crippen molar-refractivity contribution in [3.8, 4) is 0 Å². The van der Waals surface area contributed by atoms with E-state index in [1.54, 1.807) is 41.2 Å². The maximum atomic E-state index is 12.4. The maximum Gasteiger partial charge on any atom is 0.354 e. The highest BCUT2D eigenvalue weighted by Gasteiger charge is 2.13. The van der Waals surface area contributed by atoms with E-state index in [2.05, 4.69) is 20.8 Å². The Balaban J connectivity index is 1.59. The van der Waals surface area contributed by atoms with Crippen molar-refractivity contribution in [2.75, 3.05) is 10.6 Å². The van der Waals surface area contributed by atoms with E-state index in [1.807, 2.05) is 6.92 Å². The van der Waals surface area contributed by atoms with Crippen LogP contribution in [0.3, 0.4) is 0 Å². The molecule has 2 aromatic heterocycles. The number of amides is 2. The Bertz CT molecular complexity index is 1040. The third kappa shape index (κ3) is 4.86. The number of carbonyl (C=O) groups is 3. The Kier molecular flexibility index (Phi) is 6.03. The normalized spacial score (nSPS) is 10.5. The molecular weight excluding hydrogens is 376 g/mol. The molecule has 0 saturated heterocycles. The number of nitrogens with one attached hydrogen (secondary N) is 2. The van der Waals surface area contributed by atoms with Crippen LogP contribution in [-0.4, -0.2) is 42.5 Å². The number of aryl methyl sites for hydroxylation is 2. The van der Waals surface area contributed by atoms with Crippen molar-refractivity contribution < 1.29 is 19.5 Å². The number of carbonyl (C=O) groups excluding carboxylic acids is 2. The number of anilines is 2. The Hall–Kier alpha value is -3.95. The van der Waals surface area contributed by atoms with Crippen LogP contribution < -0.4 is 10.6 Å². The minimum Gasteiger partial charge on any atom is -0.477 e. The van der Waals surface area contributed by atoms with E-state index in [1.165, 1.54) is 16.9 Å². The molecule has 29 heavy (non-hydrogen) atoms. The fourth-order valence-corrected chi connectivity index (χ4v) is 2.77. The number of carboxylic acids is 1. The first kappa shape index (κ1) is 19.8. The number of rotatable bonds is 8. The predicted molar refractivity (Wildman–Crippen MR) is 105 cm³/mol. The van der Waals surface area contributed by atoms with E-state index in [0.29, 0.717) is 23.6 Å². The van der Waals surface area contributed by atoms with Crippen LogP contribution in [0.15, 0.2) is 48.8 Å². The third-order valence-corrected chi connectivity index (χ3v) is 4.14. The summed E-state index contributed by atoms with van der Waals surface area (Å²) in [6.07, 6.45) is 2.98. The summed E-state index contributed by atoms with van der Waals surface area (Å²) in [5.41, 5.74) is 1.50. The Morgan fingerprint density at radius 2 is 1.62 bits per heavy atom. The molecule has 0 aliphatic carbocycles. The molecule has 150 valence electrons. The van der Waals surface area contributed by atoms with E-state index < -0.39 is 5.97 Å². The molecule has 0 atom stereocenters. The van der Waals surface area contributed by atoms with Crippen LogP contribution in [0.4, 0.5) is 11.4 Å². The van der Waals surface area contributed by atoms with Gasteiger partial charge in [-0.15, -0.1) is 0 Å². The quantitative estimate of drug-likeness (QED) is 0.534. The molecule has 0 bridgehead atoms. The number of benzene rings is 1. The lowest BCUT2D eigenvalue weighted by molar-refractivity contribution is -0.116. The van der Waals surface area contributed by atoms with Crippen molar-refractivity contribution in [2.24, 2.45) is 0 Å². The largest absolute Gasteiger partial charge is 0.477 e. The third-order valence-electron chi connectivity index (χ3n) is 4.14. The molecule has 10 nitrogen and oxygen atoms in total. The fraction of sp³-hybridized carbons (Fsp3) is 0.211. The second-order valence-electron chi connectivity index (χ2n) is 6.11. The van der Waals surface area contributed by atoms with Crippen LogP contribution in [0.1, 0.15) is 34.3 Å². The van der Waals surface area contributed by atoms with Gasteiger partial charge in [0.1, 0.15) is 11.4 Å². The van der Waals surface area contributed by atoms with Gasteiger partial charge in [-0.2, -0.15) is 10.2 Å². The molecule has 3 aromatic rings. The van der Waals surface area contributed by atoms with Gasteiger partial charge < -0.3 is 15.7 Å². The van der Waals surface area contributed by atoms with Gasteiger partial charge in [0.15, 0.2) is 0 Å². The second-order valence-corrected chi connectivity index (χ2v) is 6.11. The van der Waals surface area contributed by atoms with E-state index in [0.717, 1.165) is 0 Å². The van der Waals surface area contributed by atoms with Gasteiger partial charge in [0, 0.05) is 36.7 Å². The number of aromatic carboxylic acids is 1. The van der Waals surface area contributed by atoms with E-state index in [4.69, 9.17) is 5.11 Å². The van der Waals surface area contributed by atoms with Crippen molar-refractivity contribution >= 4 is 29.2 Å². The summed E-state index contributed by atoms with van der Waals surface area (Å²) in [5, 5.41) is 22.5. The van der Waals surface area contributed by atoms with Crippen LogP contribution in [0.25, 0.3) is 0 Å².